The van der Waals surface area contributed by atoms with Gasteiger partial charge < -0.3 is 20.7 Å². The second-order valence-electron chi connectivity index (χ2n) is 7.01. The number of ether oxygens (including phenoxy) is 1. The lowest BCUT2D eigenvalue weighted by Crippen LogP contribution is -2.37. The van der Waals surface area contributed by atoms with E-state index in [0.717, 1.165) is 5.56 Å². The van der Waals surface area contributed by atoms with E-state index in [1.54, 1.807) is 32.9 Å². The van der Waals surface area contributed by atoms with Crippen LogP contribution in [0.5, 0.6) is 0 Å². The van der Waals surface area contributed by atoms with Crippen LogP contribution in [0.1, 0.15) is 39.2 Å². The summed E-state index contributed by atoms with van der Waals surface area (Å²) >= 11 is 5.82. The summed E-state index contributed by atoms with van der Waals surface area (Å²) in [5, 5.41) is 8.61. The second kappa shape index (κ2) is 11.4. The summed E-state index contributed by atoms with van der Waals surface area (Å²) in [4.78, 5) is 34.9. The Bertz CT molecular complexity index is 627. The van der Waals surface area contributed by atoms with Crippen molar-refractivity contribution in [2.45, 2.75) is 45.6 Å². The molecule has 150 valence electrons. The number of halogens is 1. The van der Waals surface area contributed by atoms with E-state index in [-0.39, 0.29) is 24.8 Å². The number of hydrogen-bond acceptors (Lipinski definition) is 4. The molecule has 0 atom stereocenters. The minimum Gasteiger partial charge on any atom is -0.444 e. The van der Waals surface area contributed by atoms with Crippen LogP contribution < -0.4 is 16.0 Å². The number of benzene rings is 1. The van der Waals surface area contributed by atoms with Crippen molar-refractivity contribution in [1.82, 2.24) is 16.0 Å². The van der Waals surface area contributed by atoms with E-state index in [1.807, 2.05) is 12.1 Å². The zero-order valence-electron chi connectivity index (χ0n) is 16.1. The molecule has 0 aliphatic heterocycles. The first kappa shape index (κ1) is 22.8. The normalized spacial score (nSPS) is 10.8. The van der Waals surface area contributed by atoms with Gasteiger partial charge in [-0.15, -0.1) is 0 Å². The highest BCUT2D eigenvalue weighted by atomic mass is 35.5. The highest BCUT2D eigenvalue weighted by molar-refractivity contribution is 6.30. The summed E-state index contributed by atoms with van der Waals surface area (Å²) in [6.45, 7) is 6.17. The lowest BCUT2D eigenvalue weighted by Gasteiger charge is -2.19. The Kier molecular flexibility index (Phi) is 9.64. The van der Waals surface area contributed by atoms with E-state index in [4.69, 9.17) is 16.3 Å². The van der Waals surface area contributed by atoms with Gasteiger partial charge in [-0.1, -0.05) is 23.7 Å². The van der Waals surface area contributed by atoms with Crippen molar-refractivity contribution in [3.63, 3.8) is 0 Å². The molecular weight excluding hydrogens is 370 g/mol. The van der Waals surface area contributed by atoms with Crippen molar-refractivity contribution in [1.29, 1.82) is 0 Å². The summed E-state index contributed by atoms with van der Waals surface area (Å²) in [5.74, 6) is -0.285. The van der Waals surface area contributed by atoms with Gasteiger partial charge in [0.25, 0.3) is 0 Å². The Hall–Kier alpha value is -2.28. The molecule has 0 unspecified atom stereocenters. The predicted molar refractivity (Wildman–Crippen MR) is 105 cm³/mol. The van der Waals surface area contributed by atoms with Gasteiger partial charge in [0.05, 0.1) is 0 Å². The summed E-state index contributed by atoms with van der Waals surface area (Å²) < 4.78 is 5.07. The first-order valence-electron chi connectivity index (χ1n) is 8.90. The molecule has 0 heterocycles. The average Bonchev–Trinajstić information content (AvgIpc) is 2.56. The van der Waals surface area contributed by atoms with Crippen molar-refractivity contribution < 1.29 is 19.1 Å². The number of carbonyl (C=O) groups excluding carboxylic acids is 3. The largest absolute Gasteiger partial charge is 0.444 e. The molecule has 0 saturated carbocycles. The molecule has 3 amide bonds. The third kappa shape index (κ3) is 11.9. The van der Waals surface area contributed by atoms with E-state index in [2.05, 4.69) is 16.0 Å². The van der Waals surface area contributed by atoms with Crippen LogP contribution in [0.3, 0.4) is 0 Å². The van der Waals surface area contributed by atoms with Gasteiger partial charge in [0.1, 0.15) is 5.60 Å². The molecule has 1 aromatic carbocycles. The van der Waals surface area contributed by atoms with Crippen LogP contribution >= 0.6 is 11.6 Å². The van der Waals surface area contributed by atoms with E-state index >= 15 is 0 Å². The van der Waals surface area contributed by atoms with Crippen LogP contribution in [0.2, 0.25) is 5.02 Å². The molecule has 0 fully saturated rings. The molecule has 0 radical (unpaired) electrons. The van der Waals surface area contributed by atoms with Crippen LogP contribution in [0.25, 0.3) is 0 Å². The van der Waals surface area contributed by atoms with Gasteiger partial charge >= 0.3 is 6.09 Å². The molecule has 1 rings (SSSR count). The van der Waals surface area contributed by atoms with Crippen molar-refractivity contribution >= 4 is 29.5 Å². The van der Waals surface area contributed by atoms with Gasteiger partial charge in [-0.05, 0) is 44.9 Å². The minimum atomic E-state index is -0.571. The standard InChI is InChI=1S/C19H28ClN3O4/c1-19(2,3)27-18(26)23-11-10-17(25)22-13-12-21-16(24)9-6-14-4-7-15(20)8-5-14/h4-5,7-8H,6,9-13H2,1-3H3,(H,21,24)(H,22,25)(H,23,26). The Labute approximate surface area is 165 Å². The van der Waals surface area contributed by atoms with Crippen LogP contribution in [-0.4, -0.2) is 43.1 Å². The summed E-state index contributed by atoms with van der Waals surface area (Å²) in [7, 11) is 0. The zero-order valence-corrected chi connectivity index (χ0v) is 16.8. The molecule has 7 nitrogen and oxygen atoms in total. The number of rotatable bonds is 9. The summed E-state index contributed by atoms with van der Waals surface area (Å²) in [5.41, 5.74) is 0.471. The molecule has 0 aliphatic carbocycles. The number of carbonyl (C=O) groups is 3. The second-order valence-corrected chi connectivity index (χ2v) is 7.44. The maximum Gasteiger partial charge on any atom is 0.407 e. The SMILES string of the molecule is CC(C)(C)OC(=O)NCCC(=O)NCCNC(=O)CCc1ccc(Cl)cc1. The molecule has 1 aromatic rings. The Balaban J connectivity index is 2.06. The minimum absolute atomic E-state index is 0.0780. The van der Waals surface area contributed by atoms with Crippen molar-refractivity contribution in [2.75, 3.05) is 19.6 Å². The molecule has 8 heteroatoms. The Morgan fingerprint density at radius 3 is 2.00 bits per heavy atom. The van der Waals surface area contributed by atoms with Crippen LogP contribution in [-0.2, 0) is 20.7 Å². The third-order valence-corrected chi connectivity index (χ3v) is 3.60. The van der Waals surface area contributed by atoms with E-state index in [1.165, 1.54) is 0 Å². The van der Waals surface area contributed by atoms with Gasteiger partial charge in [-0.2, -0.15) is 0 Å². The van der Waals surface area contributed by atoms with Gasteiger partial charge in [0, 0.05) is 37.5 Å². The average molecular weight is 398 g/mol. The van der Waals surface area contributed by atoms with E-state index in [9.17, 15) is 14.4 Å². The van der Waals surface area contributed by atoms with Crippen LogP contribution in [0, 0.1) is 0 Å². The fraction of sp³-hybridized carbons (Fsp3) is 0.526. The molecular formula is C19H28ClN3O4. The third-order valence-electron chi connectivity index (χ3n) is 3.34. The van der Waals surface area contributed by atoms with Crippen molar-refractivity contribution in [3.8, 4) is 0 Å². The maximum absolute atomic E-state index is 11.8. The molecule has 0 aromatic heterocycles. The Morgan fingerprint density at radius 1 is 0.889 bits per heavy atom. The number of hydrogen-bond donors (Lipinski definition) is 3. The summed E-state index contributed by atoms with van der Waals surface area (Å²) in [6.07, 6.45) is 0.591. The zero-order chi connectivity index (χ0) is 20.3. The maximum atomic E-state index is 11.8. The smallest absolute Gasteiger partial charge is 0.407 e. The van der Waals surface area contributed by atoms with Gasteiger partial charge in [-0.3, -0.25) is 9.59 Å². The number of aryl methyl sites for hydroxylation is 1. The molecule has 0 aliphatic rings. The van der Waals surface area contributed by atoms with Crippen molar-refractivity contribution in [3.05, 3.63) is 34.9 Å². The molecule has 3 N–H and O–H groups in total. The van der Waals surface area contributed by atoms with Crippen LogP contribution in [0.4, 0.5) is 4.79 Å². The lowest BCUT2D eigenvalue weighted by molar-refractivity contribution is -0.122. The highest BCUT2D eigenvalue weighted by Gasteiger charge is 2.15. The number of alkyl carbamates (subject to hydrolysis) is 1. The summed E-state index contributed by atoms with van der Waals surface area (Å²) in [6, 6.07) is 7.37. The first-order valence-corrected chi connectivity index (χ1v) is 9.28. The monoisotopic (exact) mass is 397 g/mol. The molecule has 0 spiro atoms. The number of nitrogens with one attached hydrogen (secondary N) is 3. The predicted octanol–water partition coefficient (Wildman–Crippen LogP) is 2.42. The molecule has 0 saturated heterocycles. The van der Waals surface area contributed by atoms with Crippen LogP contribution in [0.15, 0.2) is 24.3 Å². The van der Waals surface area contributed by atoms with Gasteiger partial charge in [0.15, 0.2) is 0 Å². The Morgan fingerprint density at radius 2 is 1.44 bits per heavy atom. The van der Waals surface area contributed by atoms with E-state index in [0.29, 0.717) is 31.0 Å². The topological polar surface area (TPSA) is 96.5 Å². The fourth-order valence-corrected chi connectivity index (χ4v) is 2.21. The molecule has 27 heavy (non-hydrogen) atoms. The molecule has 0 bridgehead atoms. The van der Waals surface area contributed by atoms with Crippen molar-refractivity contribution in [2.24, 2.45) is 0 Å². The lowest BCUT2D eigenvalue weighted by atomic mass is 10.1. The van der Waals surface area contributed by atoms with E-state index < -0.39 is 11.7 Å². The quantitative estimate of drug-likeness (QED) is 0.557. The highest BCUT2D eigenvalue weighted by Crippen LogP contribution is 2.10. The van der Waals surface area contributed by atoms with Gasteiger partial charge in [-0.25, -0.2) is 4.79 Å². The number of amides is 3. The van der Waals surface area contributed by atoms with Gasteiger partial charge in [0.2, 0.25) is 11.8 Å². The fourth-order valence-electron chi connectivity index (χ4n) is 2.08. The first-order chi connectivity index (χ1) is 12.7.